The Morgan fingerprint density at radius 3 is 2.50 bits per heavy atom. The van der Waals surface area contributed by atoms with Crippen molar-refractivity contribution in [1.29, 1.82) is 0 Å². The summed E-state index contributed by atoms with van der Waals surface area (Å²) in [6.07, 6.45) is 0. The summed E-state index contributed by atoms with van der Waals surface area (Å²) in [7, 11) is 0. The third-order valence-corrected chi connectivity index (χ3v) is 4.70. The van der Waals surface area contributed by atoms with Gasteiger partial charge in [-0.3, -0.25) is 0 Å². The van der Waals surface area contributed by atoms with Crippen molar-refractivity contribution in [2.45, 2.75) is 0 Å². The van der Waals surface area contributed by atoms with Gasteiger partial charge in [-0.2, -0.15) is 0 Å². The molecule has 0 bridgehead atoms. The Kier molecular flexibility index (Phi) is 2.85. The van der Waals surface area contributed by atoms with Gasteiger partial charge < -0.3 is 14.8 Å². The van der Waals surface area contributed by atoms with Gasteiger partial charge in [-0.1, -0.05) is 12.1 Å². The molecule has 4 rings (SSSR count). The standard InChI is InChI=1S/C15H16N4S/c1-2-5-13-12(4-1)16-15(17-13)19-9-7-18(8-10-19)14-6-3-11-20-14/h1-6,11H,7-10H2,(H,16,17). The van der Waals surface area contributed by atoms with E-state index in [0.717, 1.165) is 43.2 Å². The third kappa shape index (κ3) is 2.04. The minimum absolute atomic E-state index is 0.997. The number of rotatable bonds is 2. The average molecular weight is 284 g/mol. The van der Waals surface area contributed by atoms with Crippen molar-refractivity contribution >= 4 is 33.3 Å². The minimum atomic E-state index is 0.997. The molecule has 0 atom stereocenters. The minimum Gasteiger partial charge on any atom is -0.360 e. The fourth-order valence-electron chi connectivity index (χ4n) is 2.68. The molecule has 0 radical (unpaired) electrons. The Balaban J connectivity index is 1.51. The van der Waals surface area contributed by atoms with E-state index < -0.39 is 0 Å². The van der Waals surface area contributed by atoms with Crippen molar-refractivity contribution in [3.05, 3.63) is 41.8 Å². The lowest BCUT2D eigenvalue weighted by molar-refractivity contribution is 0.646. The van der Waals surface area contributed by atoms with Gasteiger partial charge in [0.05, 0.1) is 16.0 Å². The number of hydrogen-bond donors (Lipinski definition) is 1. The summed E-state index contributed by atoms with van der Waals surface area (Å²) in [4.78, 5) is 12.9. The number of nitrogens with one attached hydrogen (secondary N) is 1. The molecule has 0 saturated carbocycles. The van der Waals surface area contributed by atoms with Crippen molar-refractivity contribution in [2.24, 2.45) is 0 Å². The summed E-state index contributed by atoms with van der Waals surface area (Å²) in [6.45, 7) is 4.13. The van der Waals surface area contributed by atoms with Gasteiger partial charge in [-0.15, -0.1) is 11.3 Å². The van der Waals surface area contributed by atoms with Crippen LogP contribution in [-0.4, -0.2) is 36.1 Å². The van der Waals surface area contributed by atoms with Crippen LogP contribution in [-0.2, 0) is 0 Å². The molecule has 5 heteroatoms. The predicted molar refractivity (Wildman–Crippen MR) is 84.8 cm³/mol. The summed E-state index contributed by atoms with van der Waals surface area (Å²) in [5, 5.41) is 3.51. The Bertz CT molecular complexity index is 663. The molecule has 102 valence electrons. The van der Waals surface area contributed by atoms with E-state index in [4.69, 9.17) is 0 Å². The molecule has 1 saturated heterocycles. The number of piperazine rings is 1. The van der Waals surface area contributed by atoms with Crippen LogP contribution in [0.4, 0.5) is 10.9 Å². The maximum absolute atomic E-state index is 4.68. The van der Waals surface area contributed by atoms with Crippen LogP contribution in [0.3, 0.4) is 0 Å². The van der Waals surface area contributed by atoms with Gasteiger partial charge in [0.2, 0.25) is 5.95 Å². The molecule has 0 aliphatic carbocycles. The number of imidazole rings is 1. The van der Waals surface area contributed by atoms with Gasteiger partial charge in [-0.25, -0.2) is 4.98 Å². The van der Waals surface area contributed by atoms with Crippen molar-refractivity contribution in [1.82, 2.24) is 9.97 Å². The maximum Gasteiger partial charge on any atom is 0.203 e. The van der Waals surface area contributed by atoms with Crippen molar-refractivity contribution < 1.29 is 0 Å². The maximum atomic E-state index is 4.68. The predicted octanol–water partition coefficient (Wildman–Crippen LogP) is 2.95. The number of nitrogens with zero attached hydrogens (tertiary/aromatic N) is 3. The largest absolute Gasteiger partial charge is 0.360 e. The van der Waals surface area contributed by atoms with Crippen LogP contribution in [0.1, 0.15) is 0 Å². The molecule has 20 heavy (non-hydrogen) atoms. The summed E-state index contributed by atoms with van der Waals surface area (Å²) in [5.41, 5.74) is 2.16. The number of anilines is 2. The topological polar surface area (TPSA) is 35.2 Å². The number of hydrogen-bond acceptors (Lipinski definition) is 4. The number of aromatic amines is 1. The average Bonchev–Trinajstić information content (AvgIpc) is 3.17. The molecule has 2 aromatic heterocycles. The van der Waals surface area contributed by atoms with Crippen LogP contribution >= 0.6 is 11.3 Å². The first-order valence-corrected chi connectivity index (χ1v) is 7.76. The molecule has 4 nitrogen and oxygen atoms in total. The molecule has 1 N–H and O–H groups in total. The molecule has 1 fully saturated rings. The normalized spacial score (nSPS) is 16.0. The van der Waals surface area contributed by atoms with Crippen LogP contribution in [0.5, 0.6) is 0 Å². The Labute approximate surface area is 121 Å². The molecule has 0 amide bonds. The number of para-hydroxylation sites is 2. The molecule has 1 aromatic carbocycles. The first kappa shape index (κ1) is 11.8. The van der Waals surface area contributed by atoms with Gasteiger partial charge in [-0.05, 0) is 29.6 Å². The van der Waals surface area contributed by atoms with E-state index in [2.05, 4.69) is 49.4 Å². The highest BCUT2D eigenvalue weighted by Gasteiger charge is 2.20. The molecule has 3 aromatic rings. The van der Waals surface area contributed by atoms with E-state index in [-0.39, 0.29) is 0 Å². The Hall–Kier alpha value is -2.01. The number of H-pyrrole nitrogens is 1. The fraction of sp³-hybridized carbons (Fsp3) is 0.267. The smallest absolute Gasteiger partial charge is 0.203 e. The van der Waals surface area contributed by atoms with E-state index in [0.29, 0.717) is 0 Å². The number of benzene rings is 1. The SMILES string of the molecule is c1csc(N2CCN(c3nc4ccccc4[nH]3)CC2)c1. The van der Waals surface area contributed by atoms with Crippen molar-refractivity contribution in [2.75, 3.05) is 36.0 Å². The van der Waals surface area contributed by atoms with Gasteiger partial charge in [0.1, 0.15) is 0 Å². The van der Waals surface area contributed by atoms with Crippen molar-refractivity contribution in [3.63, 3.8) is 0 Å². The summed E-state index contributed by atoms with van der Waals surface area (Å²) >= 11 is 1.81. The van der Waals surface area contributed by atoms with E-state index in [9.17, 15) is 0 Å². The second-order valence-corrected chi connectivity index (χ2v) is 5.93. The van der Waals surface area contributed by atoms with Crippen LogP contribution in [0, 0.1) is 0 Å². The molecule has 3 heterocycles. The van der Waals surface area contributed by atoms with Crippen LogP contribution < -0.4 is 9.80 Å². The quantitative estimate of drug-likeness (QED) is 0.786. The Morgan fingerprint density at radius 1 is 0.950 bits per heavy atom. The highest BCUT2D eigenvalue weighted by Crippen LogP contribution is 2.24. The zero-order valence-corrected chi connectivity index (χ0v) is 11.9. The molecule has 1 aliphatic heterocycles. The van der Waals surface area contributed by atoms with E-state index >= 15 is 0 Å². The van der Waals surface area contributed by atoms with E-state index in [1.807, 2.05) is 23.5 Å². The molecular weight excluding hydrogens is 268 g/mol. The molecule has 0 spiro atoms. The van der Waals surface area contributed by atoms with Gasteiger partial charge in [0, 0.05) is 26.2 Å². The van der Waals surface area contributed by atoms with Crippen LogP contribution in [0.2, 0.25) is 0 Å². The van der Waals surface area contributed by atoms with Gasteiger partial charge >= 0.3 is 0 Å². The lowest BCUT2D eigenvalue weighted by Crippen LogP contribution is -2.46. The highest BCUT2D eigenvalue weighted by atomic mass is 32.1. The number of thiophene rings is 1. The van der Waals surface area contributed by atoms with Crippen LogP contribution in [0.15, 0.2) is 41.8 Å². The molecule has 1 aliphatic rings. The summed E-state index contributed by atoms with van der Waals surface area (Å²) in [5.74, 6) is 0.997. The van der Waals surface area contributed by atoms with Gasteiger partial charge in [0.25, 0.3) is 0 Å². The zero-order valence-electron chi connectivity index (χ0n) is 11.1. The summed E-state index contributed by atoms with van der Waals surface area (Å²) in [6, 6.07) is 12.5. The highest BCUT2D eigenvalue weighted by molar-refractivity contribution is 7.14. The second-order valence-electron chi connectivity index (χ2n) is 5.00. The zero-order chi connectivity index (χ0) is 13.4. The lowest BCUT2D eigenvalue weighted by atomic mass is 10.3. The monoisotopic (exact) mass is 284 g/mol. The first-order valence-electron chi connectivity index (χ1n) is 6.88. The first-order chi connectivity index (χ1) is 9.90. The second kappa shape index (κ2) is 4.83. The van der Waals surface area contributed by atoms with Gasteiger partial charge in [0.15, 0.2) is 0 Å². The third-order valence-electron chi connectivity index (χ3n) is 3.77. The van der Waals surface area contributed by atoms with Crippen molar-refractivity contribution in [3.8, 4) is 0 Å². The number of fused-ring (bicyclic) bond motifs is 1. The van der Waals surface area contributed by atoms with E-state index in [1.54, 1.807) is 0 Å². The number of aromatic nitrogens is 2. The lowest BCUT2D eigenvalue weighted by Gasteiger charge is -2.35. The van der Waals surface area contributed by atoms with Crippen LogP contribution in [0.25, 0.3) is 11.0 Å². The molecule has 0 unspecified atom stereocenters. The summed E-state index contributed by atoms with van der Waals surface area (Å²) < 4.78 is 0. The Morgan fingerprint density at radius 2 is 1.75 bits per heavy atom. The molecular formula is C15H16N4S. The fourth-order valence-corrected chi connectivity index (χ4v) is 3.46. The van der Waals surface area contributed by atoms with E-state index in [1.165, 1.54) is 5.00 Å².